The van der Waals surface area contributed by atoms with Crippen LogP contribution in [-0.2, 0) is 4.79 Å². The van der Waals surface area contributed by atoms with E-state index in [1.807, 2.05) is 20.9 Å². The van der Waals surface area contributed by atoms with Crippen LogP contribution in [0, 0.1) is 5.41 Å². The highest BCUT2D eigenvalue weighted by Crippen LogP contribution is 2.17. The first-order valence-corrected chi connectivity index (χ1v) is 6.66. The highest BCUT2D eigenvalue weighted by atomic mass is 16.4. The fourth-order valence-electron chi connectivity index (χ4n) is 2.18. The Kier molecular flexibility index (Phi) is 6.30. The van der Waals surface area contributed by atoms with Gasteiger partial charge < -0.3 is 10.0 Å². The van der Waals surface area contributed by atoms with Crippen LogP contribution in [0.5, 0.6) is 0 Å². The zero-order valence-corrected chi connectivity index (χ0v) is 13.0. The van der Waals surface area contributed by atoms with Gasteiger partial charge in [0.15, 0.2) is 0 Å². The van der Waals surface area contributed by atoms with Gasteiger partial charge >= 0.3 is 5.97 Å². The summed E-state index contributed by atoms with van der Waals surface area (Å²) in [5, 5.41) is 12.5. The average molecular weight is 258 g/mol. The van der Waals surface area contributed by atoms with Crippen molar-refractivity contribution in [2.75, 3.05) is 20.1 Å². The van der Waals surface area contributed by atoms with Crippen LogP contribution in [0.25, 0.3) is 0 Å². The number of hydrogen-bond donors (Lipinski definition) is 2. The molecule has 4 nitrogen and oxygen atoms in total. The second kappa shape index (κ2) is 6.53. The molecule has 1 unspecified atom stereocenters. The van der Waals surface area contributed by atoms with Crippen LogP contribution in [-0.4, -0.2) is 47.7 Å². The number of nitrogens with one attached hydrogen (secondary N) is 1. The van der Waals surface area contributed by atoms with Crippen LogP contribution in [0.3, 0.4) is 0 Å². The number of carbonyl (C=O) groups is 1. The Balaban J connectivity index is 4.41. The van der Waals surface area contributed by atoms with E-state index in [4.69, 9.17) is 0 Å². The van der Waals surface area contributed by atoms with Crippen molar-refractivity contribution in [3.63, 3.8) is 0 Å². The van der Waals surface area contributed by atoms with Crippen LogP contribution in [0.4, 0.5) is 0 Å². The predicted molar refractivity (Wildman–Crippen MR) is 75.9 cm³/mol. The van der Waals surface area contributed by atoms with Gasteiger partial charge in [-0.2, -0.15) is 0 Å². The number of rotatable bonds is 7. The molecule has 1 atom stereocenters. The molecule has 0 amide bonds. The first-order valence-electron chi connectivity index (χ1n) is 6.66. The average Bonchev–Trinajstić information content (AvgIpc) is 2.10. The minimum absolute atomic E-state index is 0.166. The molecule has 0 aliphatic carbocycles. The highest BCUT2D eigenvalue weighted by Gasteiger charge is 2.33. The van der Waals surface area contributed by atoms with E-state index in [2.05, 4.69) is 31.0 Å². The molecule has 0 aromatic rings. The van der Waals surface area contributed by atoms with E-state index in [1.54, 1.807) is 6.92 Å². The SMILES string of the molecule is CC(C)NC(C)(CCN(C)CC(C)(C)C)C(=O)O. The minimum Gasteiger partial charge on any atom is -0.480 e. The van der Waals surface area contributed by atoms with Crippen LogP contribution < -0.4 is 5.32 Å². The minimum atomic E-state index is -0.847. The molecule has 0 radical (unpaired) electrons. The molecule has 0 heterocycles. The Morgan fingerprint density at radius 1 is 1.28 bits per heavy atom. The van der Waals surface area contributed by atoms with E-state index in [9.17, 15) is 9.90 Å². The topological polar surface area (TPSA) is 52.6 Å². The van der Waals surface area contributed by atoms with Gasteiger partial charge in [0.05, 0.1) is 0 Å². The lowest BCUT2D eigenvalue weighted by Crippen LogP contribution is -2.54. The molecular weight excluding hydrogens is 228 g/mol. The third-order valence-corrected chi connectivity index (χ3v) is 2.82. The molecule has 0 aliphatic heterocycles. The molecule has 0 saturated heterocycles. The third kappa shape index (κ3) is 6.97. The van der Waals surface area contributed by atoms with Crippen molar-refractivity contribution in [2.24, 2.45) is 5.41 Å². The first-order chi connectivity index (χ1) is 7.96. The number of carboxylic acids is 1. The Bertz CT molecular complexity index is 271. The number of nitrogens with zero attached hydrogens (tertiary/aromatic N) is 1. The molecule has 18 heavy (non-hydrogen) atoms. The normalized spacial score (nSPS) is 16.1. The van der Waals surface area contributed by atoms with Gasteiger partial charge in [-0.1, -0.05) is 20.8 Å². The van der Waals surface area contributed by atoms with Gasteiger partial charge in [-0.25, -0.2) is 0 Å². The summed E-state index contributed by atoms with van der Waals surface area (Å²) >= 11 is 0. The second-order valence-electron chi connectivity index (χ2n) is 6.98. The van der Waals surface area contributed by atoms with Crippen molar-refractivity contribution >= 4 is 5.97 Å². The van der Waals surface area contributed by atoms with Crippen LogP contribution in [0.15, 0.2) is 0 Å². The molecule has 4 heteroatoms. The second-order valence-corrected chi connectivity index (χ2v) is 6.98. The molecule has 108 valence electrons. The monoisotopic (exact) mass is 258 g/mol. The van der Waals surface area contributed by atoms with Crippen molar-refractivity contribution in [3.8, 4) is 0 Å². The van der Waals surface area contributed by atoms with E-state index in [0.717, 1.165) is 13.1 Å². The van der Waals surface area contributed by atoms with Gasteiger partial charge in [0.25, 0.3) is 0 Å². The van der Waals surface area contributed by atoms with Crippen molar-refractivity contribution < 1.29 is 9.90 Å². The van der Waals surface area contributed by atoms with Gasteiger partial charge in [-0.3, -0.25) is 10.1 Å². The maximum absolute atomic E-state index is 11.4. The van der Waals surface area contributed by atoms with E-state index < -0.39 is 11.5 Å². The molecule has 0 aliphatic rings. The maximum Gasteiger partial charge on any atom is 0.323 e. The molecule has 0 spiro atoms. The van der Waals surface area contributed by atoms with E-state index in [-0.39, 0.29) is 11.5 Å². The van der Waals surface area contributed by atoms with Gasteiger partial charge in [0.1, 0.15) is 5.54 Å². The molecule has 0 fully saturated rings. The zero-order valence-electron chi connectivity index (χ0n) is 13.0. The summed E-state index contributed by atoms with van der Waals surface area (Å²) in [5.74, 6) is -0.777. The lowest BCUT2D eigenvalue weighted by atomic mass is 9.94. The fraction of sp³-hybridized carbons (Fsp3) is 0.929. The third-order valence-electron chi connectivity index (χ3n) is 2.82. The molecule has 0 aromatic carbocycles. The Labute approximate surface area is 112 Å². The number of hydrogen-bond acceptors (Lipinski definition) is 3. The van der Waals surface area contributed by atoms with E-state index >= 15 is 0 Å². The van der Waals surface area contributed by atoms with Crippen LogP contribution in [0.1, 0.15) is 48.0 Å². The van der Waals surface area contributed by atoms with Crippen molar-refractivity contribution in [3.05, 3.63) is 0 Å². The Morgan fingerprint density at radius 3 is 2.11 bits per heavy atom. The molecule has 0 aromatic heterocycles. The summed E-state index contributed by atoms with van der Waals surface area (Å²) < 4.78 is 0. The van der Waals surface area contributed by atoms with Crippen LogP contribution in [0.2, 0.25) is 0 Å². The first kappa shape index (κ1) is 17.4. The molecular formula is C14H30N2O2. The lowest BCUT2D eigenvalue weighted by Gasteiger charge is -2.32. The Hall–Kier alpha value is -0.610. The zero-order chi connectivity index (χ0) is 14.6. The summed E-state index contributed by atoms with van der Waals surface area (Å²) in [6.07, 6.45) is 0.604. The van der Waals surface area contributed by atoms with E-state index in [0.29, 0.717) is 6.42 Å². The smallest absolute Gasteiger partial charge is 0.323 e. The lowest BCUT2D eigenvalue weighted by molar-refractivity contribution is -0.144. The van der Waals surface area contributed by atoms with Crippen LogP contribution >= 0.6 is 0 Å². The van der Waals surface area contributed by atoms with Crippen molar-refractivity contribution in [1.29, 1.82) is 0 Å². The van der Waals surface area contributed by atoms with Crippen molar-refractivity contribution in [1.82, 2.24) is 10.2 Å². The van der Waals surface area contributed by atoms with Gasteiger partial charge in [0, 0.05) is 19.1 Å². The standard InChI is InChI=1S/C14H30N2O2/c1-11(2)15-14(6,12(17)18)8-9-16(7)10-13(3,4)5/h11,15H,8-10H2,1-7H3,(H,17,18). The highest BCUT2D eigenvalue weighted by molar-refractivity contribution is 5.78. The predicted octanol–water partition coefficient (Wildman–Crippen LogP) is 2.20. The van der Waals surface area contributed by atoms with Gasteiger partial charge in [-0.15, -0.1) is 0 Å². The number of aliphatic carboxylic acids is 1. The van der Waals surface area contributed by atoms with Crippen molar-refractivity contribution in [2.45, 2.75) is 59.5 Å². The van der Waals surface area contributed by atoms with E-state index in [1.165, 1.54) is 0 Å². The molecule has 2 N–H and O–H groups in total. The summed E-state index contributed by atoms with van der Waals surface area (Å²) in [6.45, 7) is 14.0. The molecule has 0 bridgehead atoms. The Morgan fingerprint density at radius 2 is 1.78 bits per heavy atom. The summed E-state index contributed by atoms with van der Waals surface area (Å²) in [4.78, 5) is 13.6. The number of carboxylic acid groups (broad SMARTS) is 1. The maximum atomic E-state index is 11.4. The largest absolute Gasteiger partial charge is 0.480 e. The summed E-state index contributed by atoms with van der Waals surface area (Å²) in [6, 6.07) is 0.166. The summed E-state index contributed by atoms with van der Waals surface area (Å²) in [7, 11) is 2.04. The quantitative estimate of drug-likeness (QED) is 0.735. The summed E-state index contributed by atoms with van der Waals surface area (Å²) in [5.41, 5.74) is -0.611. The van der Waals surface area contributed by atoms with Gasteiger partial charge in [0.2, 0.25) is 0 Å². The fourth-order valence-corrected chi connectivity index (χ4v) is 2.18. The molecule has 0 saturated carbocycles. The van der Waals surface area contributed by atoms with Gasteiger partial charge in [-0.05, 0) is 39.7 Å². The molecule has 0 rings (SSSR count).